The summed E-state index contributed by atoms with van der Waals surface area (Å²) < 4.78 is 12.0. The van der Waals surface area contributed by atoms with E-state index < -0.39 is 0 Å². The van der Waals surface area contributed by atoms with Crippen LogP contribution in [0.3, 0.4) is 0 Å². The Hall–Kier alpha value is -1.82. The Balaban J connectivity index is 1.95. The summed E-state index contributed by atoms with van der Waals surface area (Å²) in [7, 11) is 3.18. The van der Waals surface area contributed by atoms with Crippen LogP contribution in [0.1, 0.15) is 19.3 Å². The first-order valence-corrected chi connectivity index (χ1v) is 7.21. The molecular formula is C15H22N2O4. The molecule has 6 heteroatoms. The van der Waals surface area contributed by atoms with Gasteiger partial charge in [0.25, 0.3) is 5.56 Å². The third kappa shape index (κ3) is 4.07. The van der Waals surface area contributed by atoms with Crippen molar-refractivity contribution in [3.63, 3.8) is 0 Å². The summed E-state index contributed by atoms with van der Waals surface area (Å²) in [6.45, 7) is 1.35. The van der Waals surface area contributed by atoms with Gasteiger partial charge in [-0.25, -0.2) is 0 Å². The van der Waals surface area contributed by atoms with E-state index in [0.29, 0.717) is 6.54 Å². The lowest BCUT2D eigenvalue weighted by atomic mass is 10.1. The fraction of sp³-hybridized carbons (Fsp3) is 0.600. The SMILES string of the molecule is COc1cccn(CC(=O)N(C)C[C@@H]2CCCCO2)c1=O. The van der Waals surface area contributed by atoms with Crippen molar-refractivity contribution in [1.29, 1.82) is 0 Å². The van der Waals surface area contributed by atoms with Gasteiger partial charge in [0.15, 0.2) is 5.75 Å². The molecule has 0 aromatic carbocycles. The molecule has 2 rings (SSSR count). The number of pyridine rings is 1. The number of likely N-dealkylation sites (N-methyl/N-ethyl adjacent to an activating group) is 1. The number of aromatic nitrogens is 1. The Morgan fingerprint density at radius 2 is 2.33 bits per heavy atom. The zero-order valence-corrected chi connectivity index (χ0v) is 12.6. The van der Waals surface area contributed by atoms with E-state index in [-0.39, 0.29) is 29.9 Å². The van der Waals surface area contributed by atoms with Crippen molar-refractivity contribution in [2.45, 2.75) is 31.9 Å². The molecule has 6 nitrogen and oxygen atoms in total. The number of amides is 1. The maximum absolute atomic E-state index is 12.2. The lowest BCUT2D eigenvalue weighted by molar-refractivity contribution is -0.133. The molecule has 0 N–H and O–H groups in total. The quantitative estimate of drug-likeness (QED) is 0.809. The smallest absolute Gasteiger partial charge is 0.293 e. The number of hydrogen-bond acceptors (Lipinski definition) is 4. The van der Waals surface area contributed by atoms with Crippen LogP contribution in [-0.4, -0.2) is 48.8 Å². The minimum absolute atomic E-state index is 0.0131. The Labute approximate surface area is 124 Å². The third-order valence-electron chi connectivity index (χ3n) is 3.69. The van der Waals surface area contributed by atoms with Crippen LogP contribution < -0.4 is 10.3 Å². The number of nitrogens with zero attached hydrogens (tertiary/aromatic N) is 2. The molecule has 1 aromatic rings. The largest absolute Gasteiger partial charge is 0.491 e. The van der Waals surface area contributed by atoms with Crippen molar-refractivity contribution in [2.75, 3.05) is 27.3 Å². The number of carbonyl (C=O) groups is 1. The van der Waals surface area contributed by atoms with Gasteiger partial charge in [-0.15, -0.1) is 0 Å². The average Bonchev–Trinajstić information content (AvgIpc) is 2.50. The van der Waals surface area contributed by atoms with Gasteiger partial charge < -0.3 is 18.9 Å². The van der Waals surface area contributed by atoms with Gasteiger partial charge in [-0.2, -0.15) is 0 Å². The molecule has 1 amide bonds. The van der Waals surface area contributed by atoms with Gasteiger partial charge in [0.1, 0.15) is 6.54 Å². The minimum Gasteiger partial charge on any atom is -0.491 e. The molecule has 21 heavy (non-hydrogen) atoms. The van der Waals surface area contributed by atoms with Gasteiger partial charge in [0.05, 0.1) is 13.2 Å². The van der Waals surface area contributed by atoms with Crippen LogP contribution >= 0.6 is 0 Å². The summed E-state index contributed by atoms with van der Waals surface area (Å²) in [6, 6.07) is 3.28. The van der Waals surface area contributed by atoms with E-state index >= 15 is 0 Å². The lowest BCUT2D eigenvalue weighted by Gasteiger charge is -2.27. The molecule has 1 aliphatic heterocycles. The van der Waals surface area contributed by atoms with Crippen molar-refractivity contribution in [3.05, 3.63) is 28.7 Å². The van der Waals surface area contributed by atoms with Gasteiger partial charge in [-0.05, 0) is 31.4 Å². The van der Waals surface area contributed by atoms with Gasteiger partial charge in [0.2, 0.25) is 5.91 Å². The highest BCUT2D eigenvalue weighted by molar-refractivity contribution is 5.75. The molecule has 0 aliphatic carbocycles. The standard InChI is InChI=1S/C15H22N2O4/c1-16(10-12-6-3-4-9-21-12)14(18)11-17-8-5-7-13(20-2)15(17)19/h5,7-8,12H,3-4,6,9-11H2,1-2H3/t12-/m0/s1. The normalized spacial score (nSPS) is 18.3. The first-order valence-electron chi connectivity index (χ1n) is 7.21. The molecule has 1 fully saturated rings. The second kappa shape index (κ2) is 7.26. The molecule has 116 valence electrons. The topological polar surface area (TPSA) is 60.8 Å². The predicted octanol–water partition coefficient (Wildman–Crippen LogP) is 0.884. The number of ether oxygens (including phenoxy) is 2. The van der Waals surface area contributed by atoms with Gasteiger partial charge >= 0.3 is 0 Å². The van der Waals surface area contributed by atoms with Crippen LogP contribution in [0.25, 0.3) is 0 Å². The van der Waals surface area contributed by atoms with Crippen LogP contribution in [0.5, 0.6) is 5.75 Å². The zero-order valence-electron chi connectivity index (χ0n) is 12.6. The maximum Gasteiger partial charge on any atom is 0.293 e. The fourth-order valence-electron chi connectivity index (χ4n) is 2.42. The summed E-state index contributed by atoms with van der Waals surface area (Å²) in [4.78, 5) is 25.8. The zero-order chi connectivity index (χ0) is 15.2. The summed E-state index contributed by atoms with van der Waals surface area (Å²) in [5.41, 5.74) is -0.296. The average molecular weight is 294 g/mol. The highest BCUT2D eigenvalue weighted by Gasteiger charge is 2.19. The van der Waals surface area contributed by atoms with Gasteiger partial charge in [-0.1, -0.05) is 0 Å². The monoisotopic (exact) mass is 294 g/mol. The van der Waals surface area contributed by atoms with E-state index in [2.05, 4.69) is 0 Å². The molecule has 0 bridgehead atoms. The summed E-state index contributed by atoms with van der Waals surface area (Å²) in [5, 5.41) is 0. The van der Waals surface area contributed by atoms with Crippen LogP contribution in [0.2, 0.25) is 0 Å². The Morgan fingerprint density at radius 1 is 1.52 bits per heavy atom. The lowest BCUT2D eigenvalue weighted by Crippen LogP contribution is -2.40. The highest BCUT2D eigenvalue weighted by atomic mass is 16.5. The second-order valence-corrected chi connectivity index (χ2v) is 5.27. The van der Waals surface area contributed by atoms with Gasteiger partial charge in [0, 0.05) is 26.4 Å². The van der Waals surface area contributed by atoms with Crippen molar-refractivity contribution >= 4 is 5.91 Å². The number of methoxy groups -OCH3 is 1. The molecule has 0 spiro atoms. The van der Waals surface area contributed by atoms with E-state index in [4.69, 9.17) is 9.47 Å². The van der Waals surface area contributed by atoms with E-state index in [0.717, 1.165) is 25.9 Å². The van der Waals surface area contributed by atoms with E-state index in [1.807, 2.05) is 0 Å². The minimum atomic E-state index is -0.296. The molecule has 1 aliphatic rings. The van der Waals surface area contributed by atoms with Crippen molar-refractivity contribution in [2.24, 2.45) is 0 Å². The molecule has 2 heterocycles. The molecule has 1 saturated heterocycles. The Morgan fingerprint density at radius 3 is 3.00 bits per heavy atom. The fourth-order valence-corrected chi connectivity index (χ4v) is 2.42. The van der Waals surface area contributed by atoms with Crippen LogP contribution in [0, 0.1) is 0 Å². The second-order valence-electron chi connectivity index (χ2n) is 5.27. The molecule has 1 atom stereocenters. The summed E-state index contributed by atoms with van der Waals surface area (Å²) in [6.07, 6.45) is 4.91. The summed E-state index contributed by atoms with van der Waals surface area (Å²) >= 11 is 0. The Bertz CT molecular complexity index is 535. The first kappa shape index (κ1) is 15.6. The van der Waals surface area contributed by atoms with Gasteiger partial charge in [-0.3, -0.25) is 9.59 Å². The molecule has 0 radical (unpaired) electrons. The van der Waals surface area contributed by atoms with E-state index in [9.17, 15) is 9.59 Å². The van der Waals surface area contributed by atoms with Crippen LogP contribution in [-0.2, 0) is 16.1 Å². The van der Waals surface area contributed by atoms with Crippen LogP contribution in [0.4, 0.5) is 0 Å². The molecule has 0 saturated carbocycles. The molecule has 1 aromatic heterocycles. The predicted molar refractivity (Wildman–Crippen MR) is 78.5 cm³/mol. The third-order valence-corrected chi connectivity index (χ3v) is 3.69. The number of carbonyl (C=O) groups excluding carboxylic acids is 1. The van der Waals surface area contributed by atoms with E-state index in [1.54, 1.807) is 30.3 Å². The van der Waals surface area contributed by atoms with E-state index in [1.165, 1.54) is 11.7 Å². The van der Waals surface area contributed by atoms with Crippen molar-refractivity contribution in [3.8, 4) is 5.75 Å². The van der Waals surface area contributed by atoms with Crippen molar-refractivity contribution in [1.82, 2.24) is 9.47 Å². The molecular weight excluding hydrogens is 272 g/mol. The maximum atomic E-state index is 12.2. The highest BCUT2D eigenvalue weighted by Crippen LogP contribution is 2.13. The number of hydrogen-bond donors (Lipinski definition) is 0. The first-order chi connectivity index (χ1) is 10.1. The number of rotatable bonds is 5. The molecule has 0 unspecified atom stereocenters. The van der Waals surface area contributed by atoms with Crippen LogP contribution in [0.15, 0.2) is 23.1 Å². The Kier molecular flexibility index (Phi) is 5.38. The van der Waals surface area contributed by atoms with Crippen molar-refractivity contribution < 1.29 is 14.3 Å². The summed E-state index contributed by atoms with van der Waals surface area (Å²) in [5.74, 6) is 0.128.